The maximum atomic E-state index is 12.0. The number of nitro groups is 1. The molecule has 5 rings (SSSR count). The molecule has 0 atom stereocenters. The molecule has 0 aliphatic carbocycles. The van der Waals surface area contributed by atoms with Crippen LogP contribution in [0.25, 0.3) is 10.2 Å². The molecule has 10 heteroatoms. The van der Waals surface area contributed by atoms with Crippen LogP contribution < -0.4 is 10.2 Å². The third-order valence-electron chi connectivity index (χ3n) is 5.43. The minimum absolute atomic E-state index is 0.122. The predicted molar refractivity (Wildman–Crippen MR) is 126 cm³/mol. The molecule has 0 amide bonds. The van der Waals surface area contributed by atoms with E-state index in [1.54, 1.807) is 0 Å². The smallest absolute Gasteiger partial charge is 0.348 e. The Morgan fingerprint density at radius 1 is 1.00 bits per heavy atom. The van der Waals surface area contributed by atoms with Crippen molar-refractivity contribution in [2.24, 2.45) is 0 Å². The lowest BCUT2D eigenvalue weighted by Gasteiger charge is -2.35. The van der Waals surface area contributed by atoms with Crippen LogP contribution in [0.15, 0.2) is 60.9 Å². The number of benzene rings is 2. The highest BCUT2D eigenvalue weighted by molar-refractivity contribution is 7.22. The third kappa shape index (κ3) is 4.23. The molecule has 1 saturated heterocycles. The summed E-state index contributed by atoms with van der Waals surface area (Å²) >= 11 is 1.43. The van der Waals surface area contributed by atoms with Gasteiger partial charge in [0.1, 0.15) is 6.33 Å². The van der Waals surface area contributed by atoms with Crippen molar-refractivity contribution in [3.8, 4) is 0 Å². The summed E-state index contributed by atoms with van der Waals surface area (Å²) in [7, 11) is 0. The van der Waals surface area contributed by atoms with E-state index < -0.39 is 4.92 Å². The minimum atomic E-state index is -0.415. The van der Waals surface area contributed by atoms with E-state index in [-0.39, 0.29) is 11.5 Å². The van der Waals surface area contributed by atoms with Crippen molar-refractivity contribution in [3.63, 3.8) is 0 Å². The number of fused-ring (bicyclic) bond motifs is 1. The molecular formula is C22H21N7O2S. The lowest BCUT2D eigenvalue weighted by molar-refractivity contribution is -0.383. The topological polar surface area (TPSA) is 100 Å². The van der Waals surface area contributed by atoms with Gasteiger partial charge in [0.25, 0.3) is 0 Å². The highest BCUT2D eigenvalue weighted by atomic mass is 32.1. The van der Waals surface area contributed by atoms with Gasteiger partial charge in [-0.2, -0.15) is 0 Å². The maximum Gasteiger partial charge on any atom is 0.353 e. The van der Waals surface area contributed by atoms with E-state index in [1.807, 2.05) is 47.4 Å². The Bertz CT molecular complexity index is 1210. The molecular weight excluding hydrogens is 426 g/mol. The quantitative estimate of drug-likeness (QED) is 0.349. The van der Waals surface area contributed by atoms with Gasteiger partial charge in [-0.25, -0.2) is 15.0 Å². The second-order valence-corrected chi connectivity index (χ2v) is 8.54. The first-order valence-electron chi connectivity index (χ1n) is 10.3. The standard InChI is InChI=1S/C22H21N7O2S/c30-29(31)19-20(26-22-25-17-8-4-5-9-18(17)32-22)23-15-24-21(19)28-12-10-27(11-13-28)14-16-6-2-1-3-7-16/h1-9,15H,10-14H2,(H,23,24,25,26). The van der Waals surface area contributed by atoms with Crippen LogP contribution in [0.4, 0.5) is 22.5 Å². The normalized spacial score (nSPS) is 14.6. The van der Waals surface area contributed by atoms with Gasteiger partial charge in [0.05, 0.1) is 15.1 Å². The zero-order valence-corrected chi connectivity index (χ0v) is 18.0. The van der Waals surface area contributed by atoms with Gasteiger partial charge in [-0.1, -0.05) is 53.8 Å². The molecule has 1 fully saturated rings. The highest BCUT2D eigenvalue weighted by Crippen LogP contribution is 2.36. The fourth-order valence-electron chi connectivity index (χ4n) is 3.85. The first-order chi connectivity index (χ1) is 15.7. The van der Waals surface area contributed by atoms with Crippen molar-refractivity contribution < 1.29 is 4.92 Å². The number of nitrogens with zero attached hydrogens (tertiary/aromatic N) is 6. The summed E-state index contributed by atoms with van der Waals surface area (Å²) in [6, 6.07) is 18.0. The Balaban J connectivity index is 1.35. The van der Waals surface area contributed by atoms with Gasteiger partial charge in [-0.05, 0) is 17.7 Å². The molecule has 32 heavy (non-hydrogen) atoms. The summed E-state index contributed by atoms with van der Waals surface area (Å²) in [6.45, 7) is 3.79. The zero-order chi connectivity index (χ0) is 21.9. The van der Waals surface area contributed by atoms with Gasteiger partial charge in [0.15, 0.2) is 5.13 Å². The van der Waals surface area contributed by atoms with Crippen molar-refractivity contribution in [1.29, 1.82) is 0 Å². The highest BCUT2D eigenvalue weighted by Gasteiger charge is 2.29. The number of rotatable bonds is 6. The minimum Gasteiger partial charge on any atom is -0.348 e. The van der Waals surface area contributed by atoms with Crippen LogP contribution in [0.3, 0.4) is 0 Å². The fourth-order valence-corrected chi connectivity index (χ4v) is 4.71. The van der Waals surface area contributed by atoms with Gasteiger partial charge in [0.2, 0.25) is 11.6 Å². The summed E-state index contributed by atoms with van der Waals surface area (Å²) in [5.74, 6) is 0.499. The second kappa shape index (κ2) is 8.85. The number of hydrogen-bond donors (Lipinski definition) is 1. The Morgan fingerprint density at radius 2 is 1.75 bits per heavy atom. The van der Waals surface area contributed by atoms with E-state index in [0.29, 0.717) is 24.0 Å². The molecule has 9 nitrogen and oxygen atoms in total. The lowest BCUT2D eigenvalue weighted by atomic mass is 10.2. The molecule has 4 aromatic rings. The molecule has 2 aromatic carbocycles. The van der Waals surface area contributed by atoms with E-state index >= 15 is 0 Å². The molecule has 0 spiro atoms. The van der Waals surface area contributed by atoms with E-state index in [0.717, 1.165) is 29.9 Å². The number of thiazole rings is 1. The lowest BCUT2D eigenvalue weighted by Crippen LogP contribution is -2.46. The molecule has 1 aliphatic heterocycles. The first kappa shape index (κ1) is 20.3. The maximum absolute atomic E-state index is 12.0. The molecule has 1 N–H and O–H groups in total. The summed E-state index contributed by atoms with van der Waals surface area (Å²) in [5, 5.41) is 15.6. The second-order valence-electron chi connectivity index (χ2n) is 7.51. The van der Waals surface area contributed by atoms with Crippen LogP contribution in [-0.4, -0.2) is 51.0 Å². The third-order valence-corrected chi connectivity index (χ3v) is 6.38. The molecule has 3 heterocycles. The van der Waals surface area contributed by atoms with Crippen molar-refractivity contribution in [3.05, 3.63) is 76.6 Å². The monoisotopic (exact) mass is 447 g/mol. The van der Waals surface area contributed by atoms with Gasteiger partial charge >= 0.3 is 5.69 Å². The molecule has 0 radical (unpaired) electrons. The molecule has 1 aliphatic rings. The van der Waals surface area contributed by atoms with Crippen LogP contribution >= 0.6 is 11.3 Å². The van der Waals surface area contributed by atoms with Crippen molar-refractivity contribution in [1.82, 2.24) is 19.9 Å². The molecule has 2 aromatic heterocycles. The van der Waals surface area contributed by atoms with Gasteiger partial charge in [0, 0.05) is 32.7 Å². The Kier molecular flexibility index (Phi) is 5.61. The molecule has 0 unspecified atom stereocenters. The van der Waals surface area contributed by atoms with E-state index in [1.165, 1.54) is 23.2 Å². The molecule has 0 bridgehead atoms. The Morgan fingerprint density at radius 3 is 2.50 bits per heavy atom. The average molecular weight is 448 g/mol. The zero-order valence-electron chi connectivity index (χ0n) is 17.2. The first-order valence-corrected chi connectivity index (χ1v) is 11.1. The predicted octanol–water partition coefficient (Wildman–Crippen LogP) is 4.06. The van der Waals surface area contributed by atoms with Crippen molar-refractivity contribution >= 4 is 44.0 Å². The number of anilines is 3. The Hall–Kier alpha value is -3.63. The van der Waals surface area contributed by atoms with Crippen LogP contribution in [0.1, 0.15) is 5.56 Å². The summed E-state index contributed by atoms with van der Waals surface area (Å²) in [6.07, 6.45) is 1.37. The van der Waals surface area contributed by atoms with Gasteiger partial charge in [-0.3, -0.25) is 15.0 Å². The van der Waals surface area contributed by atoms with Gasteiger partial charge < -0.3 is 10.2 Å². The van der Waals surface area contributed by atoms with Crippen molar-refractivity contribution in [2.75, 3.05) is 36.4 Å². The van der Waals surface area contributed by atoms with Crippen LogP contribution in [0.5, 0.6) is 0 Å². The number of aromatic nitrogens is 3. The number of hydrogen-bond acceptors (Lipinski definition) is 9. The molecule has 0 saturated carbocycles. The number of para-hydroxylation sites is 1. The summed E-state index contributed by atoms with van der Waals surface area (Å²) in [5.41, 5.74) is 1.98. The Labute approximate surface area is 188 Å². The van der Waals surface area contributed by atoms with Gasteiger partial charge in [-0.15, -0.1) is 0 Å². The number of piperazine rings is 1. The van der Waals surface area contributed by atoms with E-state index in [9.17, 15) is 10.1 Å². The summed E-state index contributed by atoms with van der Waals surface area (Å²) < 4.78 is 1.00. The fraction of sp³-hybridized carbons (Fsp3) is 0.227. The molecule has 162 valence electrons. The summed E-state index contributed by atoms with van der Waals surface area (Å²) in [4.78, 5) is 28.8. The number of nitrogens with one attached hydrogen (secondary N) is 1. The van der Waals surface area contributed by atoms with E-state index in [4.69, 9.17) is 0 Å². The van der Waals surface area contributed by atoms with E-state index in [2.05, 4.69) is 37.3 Å². The van der Waals surface area contributed by atoms with Crippen molar-refractivity contribution in [2.45, 2.75) is 6.54 Å². The van der Waals surface area contributed by atoms with Crippen LogP contribution in [0.2, 0.25) is 0 Å². The largest absolute Gasteiger partial charge is 0.353 e. The average Bonchev–Trinajstić information content (AvgIpc) is 3.22. The van der Waals surface area contributed by atoms with Crippen LogP contribution in [-0.2, 0) is 6.54 Å². The van der Waals surface area contributed by atoms with Crippen LogP contribution in [0, 0.1) is 10.1 Å². The SMILES string of the molecule is O=[N+]([O-])c1c(Nc2nc3ccccc3s2)ncnc1N1CCN(Cc2ccccc2)CC1.